The fourth-order valence-electron chi connectivity index (χ4n) is 3.82. The number of sulfonamides is 1. The number of thiazole rings is 1. The molecule has 1 aliphatic rings. The second-order valence-corrected chi connectivity index (χ2v) is 11.6. The molecular formula is C23H21Cl2N3O3S2. The van der Waals surface area contributed by atoms with Crippen LogP contribution in [0, 0.1) is 25.2 Å². The molecule has 0 spiro atoms. The number of terminal acetylenes is 1. The van der Waals surface area contributed by atoms with Gasteiger partial charge in [0.1, 0.15) is 0 Å². The van der Waals surface area contributed by atoms with E-state index in [0.717, 1.165) is 5.56 Å². The lowest BCUT2D eigenvalue weighted by molar-refractivity contribution is -0.122. The van der Waals surface area contributed by atoms with Crippen LogP contribution in [0.4, 0.5) is 0 Å². The van der Waals surface area contributed by atoms with Crippen molar-refractivity contribution in [3.63, 3.8) is 0 Å². The average molecular weight is 522 g/mol. The Labute approximate surface area is 206 Å². The number of benzene rings is 2. The largest absolute Gasteiger partial charge is 0.303 e. The number of amides is 1. The maximum absolute atomic E-state index is 13.0. The normalized spacial score (nSPS) is 16.2. The maximum atomic E-state index is 13.0. The smallest absolute Gasteiger partial charge is 0.251 e. The molecule has 2 aromatic carbocycles. The van der Waals surface area contributed by atoms with Crippen LogP contribution in [0.25, 0.3) is 10.2 Å². The third kappa shape index (κ3) is 4.75. The minimum absolute atomic E-state index is 0.194. The van der Waals surface area contributed by atoms with E-state index < -0.39 is 10.0 Å². The third-order valence-corrected chi connectivity index (χ3v) is 9.40. The van der Waals surface area contributed by atoms with Crippen LogP contribution in [0.5, 0.6) is 0 Å². The molecule has 10 heteroatoms. The standard InChI is InChI=1S/C23H21Cl2N3O3S2/c1-3-12-28-20-18(24)8-9-19(25)21(20)32-23(28)26-22(29)16-10-13-27(14-11-16)33(30,31)17-6-4-15(2)5-7-17/h1,4-9,16H,10-14H2,2H3. The number of piperidine rings is 1. The zero-order valence-electron chi connectivity index (χ0n) is 17.8. The van der Waals surface area contributed by atoms with Crippen molar-refractivity contribution in [1.82, 2.24) is 8.87 Å². The van der Waals surface area contributed by atoms with Gasteiger partial charge in [0.2, 0.25) is 10.0 Å². The lowest BCUT2D eigenvalue weighted by atomic mass is 9.98. The minimum atomic E-state index is -3.59. The number of hydrogen-bond donors (Lipinski definition) is 0. The molecule has 0 atom stereocenters. The Bertz CT molecular complexity index is 1430. The highest BCUT2D eigenvalue weighted by molar-refractivity contribution is 7.89. The molecule has 1 saturated heterocycles. The molecule has 1 amide bonds. The number of carbonyl (C=O) groups is 1. The molecule has 3 aromatic rings. The molecule has 1 aromatic heterocycles. The predicted molar refractivity (Wildman–Crippen MR) is 132 cm³/mol. The van der Waals surface area contributed by atoms with E-state index >= 15 is 0 Å². The zero-order valence-corrected chi connectivity index (χ0v) is 20.9. The van der Waals surface area contributed by atoms with Crippen molar-refractivity contribution < 1.29 is 13.2 Å². The summed E-state index contributed by atoms with van der Waals surface area (Å²) in [6, 6.07) is 10.1. The van der Waals surface area contributed by atoms with E-state index in [1.807, 2.05) is 6.92 Å². The first-order valence-corrected chi connectivity index (χ1v) is 13.3. The molecule has 1 fully saturated rings. The fourth-order valence-corrected chi connectivity index (χ4v) is 6.94. The molecule has 6 nitrogen and oxygen atoms in total. The van der Waals surface area contributed by atoms with Gasteiger partial charge in [-0.1, -0.05) is 58.2 Å². The van der Waals surface area contributed by atoms with Gasteiger partial charge in [-0.05, 0) is 44.0 Å². The van der Waals surface area contributed by atoms with Crippen LogP contribution >= 0.6 is 34.5 Å². The summed E-state index contributed by atoms with van der Waals surface area (Å²) < 4.78 is 29.7. The number of halogens is 2. The summed E-state index contributed by atoms with van der Waals surface area (Å²) in [6.07, 6.45) is 6.32. The van der Waals surface area contributed by atoms with Crippen molar-refractivity contribution in [2.75, 3.05) is 13.1 Å². The molecule has 0 N–H and O–H groups in total. The fraction of sp³-hybridized carbons (Fsp3) is 0.304. The first-order valence-electron chi connectivity index (χ1n) is 10.3. The Morgan fingerprint density at radius 3 is 2.42 bits per heavy atom. The van der Waals surface area contributed by atoms with Crippen LogP contribution in [0.2, 0.25) is 10.0 Å². The topological polar surface area (TPSA) is 71.7 Å². The van der Waals surface area contributed by atoms with Crippen molar-refractivity contribution in [3.05, 3.63) is 56.8 Å². The van der Waals surface area contributed by atoms with Crippen LogP contribution < -0.4 is 4.80 Å². The Balaban J connectivity index is 1.56. The summed E-state index contributed by atoms with van der Waals surface area (Å²) in [5.41, 5.74) is 1.64. The maximum Gasteiger partial charge on any atom is 0.251 e. The first kappa shape index (κ1) is 24.0. The van der Waals surface area contributed by atoms with E-state index in [-0.39, 0.29) is 36.4 Å². The molecule has 0 bridgehead atoms. The lowest BCUT2D eigenvalue weighted by Crippen LogP contribution is -2.40. The van der Waals surface area contributed by atoms with Gasteiger partial charge in [0.15, 0.2) is 4.80 Å². The van der Waals surface area contributed by atoms with Crippen molar-refractivity contribution in [1.29, 1.82) is 0 Å². The van der Waals surface area contributed by atoms with E-state index in [4.69, 9.17) is 29.6 Å². The molecular weight excluding hydrogens is 501 g/mol. The van der Waals surface area contributed by atoms with Gasteiger partial charge in [-0.3, -0.25) is 4.79 Å². The quantitative estimate of drug-likeness (QED) is 0.475. The van der Waals surface area contributed by atoms with Crippen molar-refractivity contribution >= 4 is 60.7 Å². The van der Waals surface area contributed by atoms with Crippen LogP contribution in [0.3, 0.4) is 0 Å². The number of hydrogen-bond acceptors (Lipinski definition) is 4. The van der Waals surface area contributed by atoms with Gasteiger partial charge in [-0.15, -0.1) is 6.42 Å². The third-order valence-electron chi connectivity index (χ3n) is 5.65. The zero-order chi connectivity index (χ0) is 23.8. The number of fused-ring (bicyclic) bond motifs is 1. The first-order chi connectivity index (χ1) is 15.7. The molecule has 0 unspecified atom stereocenters. The molecule has 1 aliphatic heterocycles. The van der Waals surface area contributed by atoms with Gasteiger partial charge >= 0.3 is 0 Å². The molecule has 2 heterocycles. The highest BCUT2D eigenvalue weighted by Gasteiger charge is 2.32. The van der Waals surface area contributed by atoms with E-state index in [2.05, 4.69) is 10.9 Å². The lowest BCUT2D eigenvalue weighted by Gasteiger charge is -2.29. The Morgan fingerprint density at radius 1 is 1.15 bits per heavy atom. The summed E-state index contributed by atoms with van der Waals surface area (Å²) in [6.45, 7) is 2.62. The van der Waals surface area contributed by atoms with E-state index in [1.54, 1.807) is 41.0 Å². The summed E-state index contributed by atoms with van der Waals surface area (Å²) in [7, 11) is -3.59. The minimum Gasteiger partial charge on any atom is -0.303 e. The second kappa shape index (κ2) is 9.61. The number of nitrogens with zero attached hydrogens (tertiary/aromatic N) is 3. The Morgan fingerprint density at radius 2 is 1.79 bits per heavy atom. The van der Waals surface area contributed by atoms with Gasteiger partial charge in [0.25, 0.3) is 5.91 Å². The van der Waals surface area contributed by atoms with Gasteiger partial charge in [-0.25, -0.2) is 8.42 Å². The Kier molecular flexibility index (Phi) is 6.99. The van der Waals surface area contributed by atoms with E-state index in [9.17, 15) is 13.2 Å². The molecule has 172 valence electrons. The predicted octanol–water partition coefficient (Wildman–Crippen LogP) is 4.48. The summed E-state index contributed by atoms with van der Waals surface area (Å²) >= 11 is 13.9. The summed E-state index contributed by atoms with van der Waals surface area (Å²) in [4.78, 5) is 18.0. The average Bonchev–Trinajstić information content (AvgIpc) is 3.16. The summed E-state index contributed by atoms with van der Waals surface area (Å²) in [5, 5.41) is 0.984. The number of aryl methyl sites for hydroxylation is 1. The van der Waals surface area contributed by atoms with Crippen LogP contribution in [-0.4, -0.2) is 36.3 Å². The van der Waals surface area contributed by atoms with Gasteiger partial charge in [0.05, 0.1) is 31.7 Å². The number of aromatic nitrogens is 1. The molecule has 0 aliphatic carbocycles. The molecule has 4 rings (SSSR count). The number of carbonyl (C=O) groups excluding carboxylic acids is 1. The van der Waals surface area contributed by atoms with Gasteiger partial charge in [-0.2, -0.15) is 9.30 Å². The Hall–Kier alpha value is -2.15. The van der Waals surface area contributed by atoms with Crippen molar-refractivity contribution in [2.45, 2.75) is 31.2 Å². The molecule has 0 radical (unpaired) electrons. The molecule has 0 saturated carbocycles. The monoisotopic (exact) mass is 521 g/mol. The van der Waals surface area contributed by atoms with Gasteiger partial charge < -0.3 is 4.57 Å². The van der Waals surface area contributed by atoms with Crippen LogP contribution in [0.15, 0.2) is 46.3 Å². The summed E-state index contributed by atoms with van der Waals surface area (Å²) in [5.74, 6) is 1.90. The van der Waals surface area contributed by atoms with E-state index in [1.165, 1.54) is 15.6 Å². The second-order valence-electron chi connectivity index (χ2n) is 7.82. The van der Waals surface area contributed by atoms with Crippen molar-refractivity contribution in [3.8, 4) is 12.3 Å². The van der Waals surface area contributed by atoms with Crippen LogP contribution in [0.1, 0.15) is 18.4 Å². The van der Waals surface area contributed by atoms with Gasteiger partial charge in [0, 0.05) is 19.0 Å². The van der Waals surface area contributed by atoms with E-state index in [0.29, 0.717) is 37.9 Å². The highest BCUT2D eigenvalue weighted by atomic mass is 35.5. The number of rotatable bonds is 4. The highest BCUT2D eigenvalue weighted by Crippen LogP contribution is 2.32. The SMILES string of the molecule is C#CCn1c(=NC(=O)C2CCN(S(=O)(=O)c3ccc(C)cc3)CC2)sc2c(Cl)ccc(Cl)c21. The molecule has 33 heavy (non-hydrogen) atoms. The van der Waals surface area contributed by atoms with Crippen LogP contribution in [-0.2, 0) is 21.4 Å². The van der Waals surface area contributed by atoms with Crippen molar-refractivity contribution in [2.24, 2.45) is 10.9 Å².